The van der Waals surface area contributed by atoms with Gasteiger partial charge in [-0.2, -0.15) is 0 Å². The van der Waals surface area contributed by atoms with Gasteiger partial charge in [0.2, 0.25) is 5.88 Å². The minimum atomic E-state index is -0.803. The molecule has 0 radical (unpaired) electrons. The van der Waals surface area contributed by atoms with E-state index in [1.54, 1.807) is 0 Å². The highest BCUT2D eigenvalue weighted by atomic mass is 19.1. The van der Waals surface area contributed by atoms with Crippen molar-refractivity contribution < 1.29 is 18.7 Å². The average Bonchev–Trinajstić information content (AvgIpc) is 2.16. The van der Waals surface area contributed by atoms with Gasteiger partial charge in [-0.1, -0.05) is 0 Å². The highest BCUT2D eigenvalue weighted by molar-refractivity contribution is 5.91. The maximum absolute atomic E-state index is 13.1. The number of halogens is 1. The van der Waals surface area contributed by atoms with E-state index in [9.17, 15) is 9.18 Å². The van der Waals surface area contributed by atoms with Gasteiger partial charge in [-0.3, -0.25) is 0 Å². The van der Waals surface area contributed by atoms with Crippen LogP contribution in [0.5, 0.6) is 5.88 Å². The van der Waals surface area contributed by atoms with Gasteiger partial charge in [-0.05, 0) is 6.07 Å². The molecule has 0 saturated heterocycles. The molecule has 0 aliphatic heterocycles. The largest absolute Gasteiger partial charge is 0.480 e. The van der Waals surface area contributed by atoms with Gasteiger partial charge in [-0.15, -0.1) is 0 Å². The zero-order valence-corrected chi connectivity index (χ0v) is 7.20. The Morgan fingerprint density at radius 3 is 2.77 bits per heavy atom. The van der Waals surface area contributed by atoms with Crippen molar-refractivity contribution in [3.63, 3.8) is 0 Å². The lowest BCUT2D eigenvalue weighted by Gasteiger charge is -2.05. The molecular formula is C8H8FNO3. The summed E-state index contributed by atoms with van der Waals surface area (Å²) in [6.07, 6.45) is 1.21. The van der Waals surface area contributed by atoms with Crippen LogP contribution in [0.3, 0.4) is 0 Å². The number of ether oxygens (including phenoxy) is 2. The quantitative estimate of drug-likeness (QED) is 0.645. The van der Waals surface area contributed by atoms with Crippen molar-refractivity contribution in [2.24, 2.45) is 0 Å². The third-order valence-electron chi connectivity index (χ3n) is 1.45. The van der Waals surface area contributed by atoms with Crippen LogP contribution in [-0.4, -0.2) is 25.2 Å². The topological polar surface area (TPSA) is 48.4 Å². The maximum atomic E-state index is 13.1. The monoisotopic (exact) mass is 185 g/mol. The molecule has 0 N–H and O–H groups in total. The number of carbonyl (C=O) groups excluding carboxylic acids is 1. The average molecular weight is 185 g/mol. The van der Waals surface area contributed by atoms with E-state index in [1.165, 1.54) is 13.3 Å². The number of hydrogen-bond donors (Lipinski definition) is 0. The normalized spacial score (nSPS) is 9.46. The second-order valence-corrected chi connectivity index (χ2v) is 2.17. The van der Waals surface area contributed by atoms with E-state index in [4.69, 9.17) is 4.74 Å². The summed E-state index contributed by atoms with van der Waals surface area (Å²) in [5.41, 5.74) is -0.285. The summed E-state index contributed by atoms with van der Waals surface area (Å²) < 4.78 is 22.1. The molecule has 1 rings (SSSR count). The molecule has 0 aliphatic rings. The van der Waals surface area contributed by atoms with Gasteiger partial charge in [0, 0.05) is 6.20 Å². The number of pyridine rings is 1. The molecule has 0 bridgehead atoms. The van der Waals surface area contributed by atoms with E-state index in [-0.39, 0.29) is 11.4 Å². The maximum Gasteiger partial charge on any atom is 0.346 e. The Morgan fingerprint density at radius 2 is 2.23 bits per heavy atom. The van der Waals surface area contributed by atoms with E-state index in [0.29, 0.717) is 0 Å². The second kappa shape index (κ2) is 3.84. The van der Waals surface area contributed by atoms with Crippen LogP contribution in [0, 0.1) is 5.82 Å². The number of nitrogens with zero attached hydrogens (tertiary/aromatic N) is 1. The van der Waals surface area contributed by atoms with Crippen molar-refractivity contribution in [2.75, 3.05) is 14.2 Å². The number of aromatic nitrogens is 1. The lowest BCUT2D eigenvalue weighted by molar-refractivity contribution is 0.0590. The van der Waals surface area contributed by atoms with Gasteiger partial charge < -0.3 is 9.47 Å². The lowest BCUT2D eigenvalue weighted by atomic mass is 10.2. The first kappa shape index (κ1) is 9.44. The Labute approximate surface area is 74.3 Å². The third kappa shape index (κ3) is 1.74. The molecule has 0 unspecified atom stereocenters. The molecule has 0 saturated carbocycles. The van der Waals surface area contributed by atoms with Gasteiger partial charge in [0.1, 0.15) is 5.82 Å². The summed E-state index contributed by atoms with van der Waals surface area (Å²) in [5, 5.41) is 0. The Bertz CT molecular complexity index is 327. The van der Waals surface area contributed by atoms with E-state index in [1.807, 2.05) is 0 Å². The molecule has 4 nitrogen and oxygen atoms in total. The summed E-state index contributed by atoms with van der Waals surface area (Å²) in [6.45, 7) is 0. The number of rotatable bonds is 2. The second-order valence-electron chi connectivity index (χ2n) is 2.17. The summed E-state index contributed by atoms with van der Waals surface area (Å²) in [5.74, 6) is -1.59. The molecule has 0 spiro atoms. The number of methoxy groups -OCH3 is 2. The molecule has 5 heteroatoms. The van der Waals surface area contributed by atoms with Crippen molar-refractivity contribution in [3.8, 4) is 5.88 Å². The first-order chi connectivity index (χ1) is 6.20. The molecule has 1 aromatic rings. The molecule has 0 atom stereocenters. The standard InChI is InChI=1S/C8H8FNO3/c1-12-7-6(8(11)13-2)5(9)3-4-10-7/h3-4H,1-2H3. The first-order valence-corrected chi connectivity index (χ1v) is 3.47. The molecule has 1 heterocycles. The third-order valence-corrected chi connectivity index (χ3v) is 1.45. The van der Waals surface area contributed by atoms with Crippen LogP contribution < -0.4 is 4.74 Å². The van der Waals surface area contributed by atoms with Crippen LogP contribution in [0.25, 0.3) is 0 Å². The van der Waals surface area contributed by atoms with Crippen molar-refractivity contribution in [3.05, 3.63) is 23.6 Å². The Hall–Kier alpha value is -1.65. The van der Waals surface area contributed by atoms with Crippen LogP contribution in [0.1, 0.15) is 10.4 Å². The predicted molar refractivity (Wildman–Crippen MR) is 42.1 cm³/mol. The van der Waals surface area contributed by atoms with Crippen LogP contribution in [0.15, 0.2) is 12.3 Å². The summed E-state index contributed by atoms with van der Waals surface area (Å²) in [6, 6.07) is 1.06. The molecule has 0 amide bonds. The van der Waals surface area contributed by atoms with Crippen molar-refractivity contribution in [2.45, 2.75) is 0 Å². The fourth-order valence-electron chi connectivity index (χ4n) is 0.862. The van der Waals surface area contributed by atoms with Crippen molar-refractivity contribution >= 4 is 5.97 Å². The van der Waals surface area contributed by atoms with Gasteiger partial charge in [0.05, 0.1) is 14.2 Å². The van der Waals surface area contributed by atoms with Crippen LogP contribution in [0.2, 0.25) is 0 Å². The molecular weight excluding hydrogens is 177 g/mol. The predicted octanol–water partition coefficient (Wildman–Crippen LogP) is 1.02. The van der Waals surface area contributed by atoms with E-state index in [2.05, 4.69) is 9.72 Å². The van der Waals surface area contributed by atoms with Gasteiger partial charge in [0.25, 0.3) is 0 Å². The van der Waals surface area contributed by atoms with Gasteiger partial charge in [0.15, 0.2) is 5.56 Å². The summed E-state index contributed by atoms with van der Waals surface area (Å²) in [7, 11) is 2.46. The van der Waals surface area contributed by atoms with Crippen LogP contribution in [-0.2, 0) is 4.74 Å². The highest BCUT2D eigenvalue weighted by Crippen LogP contribution is 2.18. The lowest BCUT2D eigenvalue weighted by Crippen LogP contribution is -2.08. The number of carbonyl (C=O) groups is 1. The molecule has 0 aromatic carbocycles. The fourth-order valence-corrected chi connectivity index (χ4v) is 0.862. The van der Waals surface area contributed by atoms with E-state index in [0.717, 1.165) is 13.2 Å². The number of esters is 1. The minimum absolute atomic E-state index is 0.0770. The first-order valence-electron chi connectivity index (χ1n) is 3.47. The SMILES string of the molecule is COC(=O)c1c(F)ccnc1OC. The van der Waals surface area contributed by atoms with Crippen LogP contribution in [0.4, 0.5) is 4.39 Å². The fraction of sp³-hybridized carbons (Fsp3) is 0.250. The zero-order valence-electron chi connectivity index (χ0n) is 7.20. The van der Waals surface area contributed by atoms with Crippen molar-refractivity contribution in [1.82, 2.24) is 4.98 Å². The Balaban J connectivity index is 3.22. The smallest absolute Gasteiger partial charge is 0.346 e. The number of hydrogen-bond acceptors (Lipinski definition) is 4. The molecule has 70 valence electrons. The summed E-state index contributed by atoms with van der Waals surface area (Å²) in [4.78, 5) is 14.7. The molecule has 13 heavy (non-hydrogen) atoms. The Kier molecular flexibility index (Phi) is 2.79. The highest BCUT2D eigenvalue weighted by Gasteiger charge is 2.18. The van der Waals surface area contributed by atoms with Gasteiger partial charge >= 0.3 is 5.97 Å². The summed E-state index contributed by atoms with van der Waals surface area (Å²) >= 11 is 0. The zero-order chi connectivity index (χ0) is 9.84. The van der Waals surface area contributed by atoms with Crippen molar-refractivity contribution in [1.29, 1.82) is 0 Å². The molecule has 0 fully saturated rings. The molecule has 0 aliphatic carbocycles. The molecule has 1 aromatic heterocycles. The van der Waals surface area contributed by atoms with E-state index < -0.39 is 11.8 Å². The van der Waals surface area contributed by atoms with E-state index >= 15 is 0 Å². The van der Waals surface area contributed by atoms with Crippen LogP contribution >= 0.6 is 0 Å². The van der Waals surface area contributed by atoms with Gasteiger partial charge in [-0.25, -0.2) is 14.2 Å². The minimum Gasteiger partial charge on any atom is -0.480 e. The Morgan fingerprint density at radius 1 is 1.54 bits per heavy atom.